The monoisotopic (exact) mass is 1240 g/mol. The number of aromatic amines is 1. The lowest BCUT2D eigenvalue weighted by Crippen LogP contribution is -2.53. The van der Waals surface area contributed by atoms with Crippen molar-refractivity contribution in [3.8, 4) is 28.2 Å². The van der Waals surface area contributed by atoms with Gasteiger partial charge in [-0.3, -0.25) is 52.5 Å². The summed E-state index contributed by atoms with van der Waals surface area (Å²) in [5, 5.41) is 37.2. The van der Waals surface area contributed by atoms with Gasteiger partial charge in [-0.1, -0.05) is 44.4 Å². The third-order valence-corrected chi connectivity index (χ3v) is 15.8. The molecule has 3 heterocycles. The molecule has 12 N–H and O–H groups in total. The number of carbonyl (C=O) groups excluding carboxylic acids is 3. The Morgan fingerprint density at radius 2 is 1.54 bits per heavy atom. The molecule has 7 rings (SSSR count). The number of carbonyl (C=O) groups is 4. The molecule has 1 saturated heterocycles. The summed E-state index contributed by atoms with van der Waals surface area (Å²) in [5.74, 6) is -3.74. The fourth-order valence-electron chi connectivity index (χ4n) is 10.9. The van der Waals surface area contributed by atoms with Crippen LogP contribution in [-0.4, -0.2) is 107 Å². The maximum atomic E-state index is 14.1. The predicted molar refractivity (Wildman–Crippen MR) is 321 cm³/mol. The van der Waals surface area contributed by atoms with Crippen molar-refractivity contribution in [1.29, 1.82) is 5.41 Å². The lowest BCUT2D eigenvalue weighted by Gasteiger charge is -2.36. The number of phenols is 1. The van der Waals surface area contributed by atoms with Crippen LogP contribution in [0.2, 0.25) is 6.32 Å². The molecule has 3 aliphatic rings. The highest BCUT2D eigenvalue weighted by molar-refractivity contribution is 7.47. The van der Waals surface area contributed by atoms with Gasteiger partial charge in [0.1, 0.15) is 36.4 Å². The van der Waals surface area contributed by atoms with Crippen molar-refractivity contribution in [3.63, 3.8) is 0 Å². The van der Waals surface area contributed by atoms with E-state index in [0.29, 0.717) is 22.1 Å². The first kappa shape index (κ1) is 66.7. The summed E-state index contributed by atoms with van der Waals surface area (Å²) in [6.07, 6.45) is 1.19. The Balaban J connectivity index is 1.00. The lowest BCUT2D eigenvalue weighted by molar-refractivity contribution is -0.132. The van der Waals surface area contributed by atoms with Crippen molar-refractivity contribution in [2.24, 2.45) is 17.1 Å². The number of phenolic OH excluding ortho intramolecular Hbond substituents is 1. The number of rotatable bonds is 26. The third kappa shape index (κ3) is 17.9. The van der Waals surface area contributed by atoms with Crippen LogP contribution in [0.5, 0.6) is 5.75 Å². The minimum Gasteiger partial charge on any atom is -0.508 e. The number of ether oxygens (including phenoxy) is 1. The number of aromatic carboxylic acids is 1. The highest BCUT2D eigenvalue weighted by Gasteiger charge is 2.43. The van der Waals surface area contributed by atoms with E-state index >= 15 is 0 Å². The molecule has 1 aromatic heterocycles. The smallest absolute Gasteiger partial charge is 0.472 e. The molecule has 4 unspecified atom stereocenters. The van der Waals surface area contributed by atoms with Crippen LogP contribution in [0.3, 0.4) is 0 Å². The van der Waals surface area contributed by atoms with E-state index in [0.717, 1.165) is 28.5 Å². The average Bonchev–Trinajstić information content (AvgIpc) is 1.13. The van der Waals surface area contributed by atoms with Crippen LogP contribution in [0.15, 0.2) is 110 Å². The topological polar surface area (TPSA) is 412 Å². The molecule has 463 valence electrons. The first-order valence-corrected chi connectivity index (χ1v) is 30.2. The van der Waals surface area contributed by atoms with Gasteiger partial charge in [-0.2, -0.15) is 0 Å². The number of fused-ring (bicyclic) bond motifs is 2. The van der Waals surface area contributed by atoms with Crippen LogP contribution in [0.25, 0.3) is 39.5 Å². The minimum absolute atomic E-state index is 0.00804. The van der Waals surface area contributed by atoms with E-state index in [9.17, 15) is 67.6 Å². The average molecular weight is 1240 g/mol. The molecule has 0 saturated carbocycles. The number of phosphoric ester groups is 2. The highest BCUT2D eigenvalue weighted by atomic mass is 31.2. The number of aromatic hydroxyl groups is 1. The second-order valence-corrected chi connectivity index (χ2v) is 26.4. The third-order valence-electron chi connectivity index (χ3n) is 14.1. The molecule has 3 aromatic carbocycles. The number of aromatic nitrogens is 2. The van der Waals surface area contributed by atoms with Gasteiger partial charge < -0.3 is 55.7 Å². The predicted octanol–water partition coefficient (Wildman–Crippen LogP) is 6.35. The lowest BCUT2D eigenvalue weighted by atomic mass is 9.69. The second-order valence-electron chi connectivity index (χ2n) is 23.8. The number of amidine groups is 1. The minimum atomic E-state index is -4.94. The Morgan fingerprint density at radius 3 is 2.21 bits per heavy atom. The van der Waals surface area contributed by atoms with Crippen LogP contribution < -0.4 is 38.4 Å². The number of nitrogens with one attached hydrogen (secondary N) is 5. The van der Waals surface area contributed by atoms with Gasteiger partial charge >= 0.3 is 27.3 Å². The Kier molecular flexibility index (Phi) is 20.1. The molecule has 3 amide bonds. The van der Waals surface area contributed by atoms with Gasteiger partial charge in [0, 0.05) is 81.6 Å². The fourth-order valence-corrected chi connectivity index (χ4v) is 12.3. The SMILES string of the molecule is CC(C)(CC(C)(C)NC(=O)c1ccc(C(=O)O)c(-c2c3ccc(=O)cc-3oc3cc(O)ccc23)c1)NC(=O)C=Cc1cn(C2CC(C[B]COP(=O)(O)O)C(COP(=O)(O)OC(C)(C)CC(C)(C)C(=O)NCc3ccc(C(=N)N)cc3)O2)c(=O)[nH]c1=O. The summed E-state index contributed by atoms with van der Waals surface area (Å²) in [7, 11) is -8.41. The maximum Gasteiger partial charge on any atom is 0.472 e. The van der Waals surface area contributed by atoms with Crippen LogP contribution >= 0.6 is 15.6 Å². The van der Waals surface area contributed by atoms with Gasteiger partial charge in [-0.05, 0) is 126 Å². The van der Waals surface area contributed by atoms with Crippen molar-refractivity contribution in [1.82, 2.24) is 25.5 Å². The summed E-state index contributed by atoms with van der Waals surface area (Å²) in [5.41, 5.74) is 0.712. The van der Waals surface area contributed by atoms with E-state index in [1.54, 1.807) is 65.8 Å². The summed E-state index contributed by atoms with van der Waals surface area (Å²) < 4.78 is 53.7. The van der Waals surface area contributed by atoms with Crippen molar-refractivity contribution in [2.75, 3.05) is 13.1 Å². The van der Waals surface area contributed by atoms with Gasteiger partial charge in [0.2, 0.25) is 11.8 Å². The molecular weight excluding hydrogens is 1170 g/mol. The number of carboxylic acid groups (broad SMARTS) is 1. The Bertz CT molecular complexity index is 3910. The van der Waals surface area contributed by atoms with Gasteiger partial charge in [0.05, 0.1) is 29.4 Å². The van der Waals surface area contributed by atoms with Gasteiger partial charge in [-0.25, -0.2) is 18.7 Å². The first-order valence-electron chi connectivity index (χ1n) is 27.2. The number of phosphoric acid groups is 2. The van der Waals surface area contributed by atoms with E-state index in [-0.39, 0.29) is 88.6 Å². The number of nitrogens with zero attached hydrogens (tertiary/aromatic N) is 1. The quantitative estimate of drug-likeness (QED) is 0.00536. The van der Waals surface area contributed by atoms with E-state index in [2.05, 4.69) is 25.5 Å². The normalized spacial score (nSPS) is 16.6. The molecule has 1 radical (unpaired) electrons. The van der Waals surface area contributed by atoms with E-state index in [1.165, 1.54) is 75.7 Å². The largest absolute Gasteiger partial charge is 0.508 e. The van der Waals surface area contributed by atoms with Crippen LogP contribution in [0, 0.1) is 16.7 Å². The summed E-state index contributed by atoms with van der Waals surface area (Å²) in [6, 6.07) is 19.0. The molecule has 87 heavy (non-hydrogen) atoms. The van der Waals surface area contributed by atoms with Crippen LogP contribution in [-0.2, 0) is 43.6 Å². The summed E-state index contributed by atoms with van der Waals surface area (Å²) in [4.78, 5) is 124. The van der Waals surface area contributed by atoms with Crippen molar-refractivity contribution in [2.45, 2.75) is 117 Å². The Hall–Kier alpha value is -7.84. The molecule has 1 aliphatic carbocycles. The number of H-pyrrole nitrogens is 1. The number of hydrogen-bond acceptors (Lipinski definition) is 16. The zero-order chi connectivity index (χ0) is 64.2. The van der Waals surface area contributed by atoms with Gasteiger partial charge in [0.25, 0.3) is 11.5 Å². The standard InChI is InChI=1S/C58H69BN7O19P2/c1-55(2,53(74)62-26-32-9-11-33(12-10-32)49(60)61)29-58(7,8)85-87(79,80)81-28-45-36(25-59-31-82-86(76,77)78)22-47(84-45)66-27-35(50(70)63-54(66)75)14-20-46(69)64-56(3,4)30-57(5,6)65-51(71)34-13-17-39(52(72)73)42(21-34)48-40-18-15-37(67)23-43(40)83-44-24-38(68)16-19-41(44)48/h9-21,23-24,27,36,45,47,67H,22,25-26,28-31H2,1-8H3,(H3,60,61)(H,62,74)(H,64,69)(H,65,71)(H,72,73)(H,79,80)(H,63,70,75)(H2,76,77,78). The number of benzene rings is 4. The highest BCUT2D eigenvalue weighted by Crippen LogP contribution is 2.51. The second kappa shape index (κ2) is 26.2. The molecular formula is C58H69BN7O19P2. The summed E-state index contributed by atoms with van der Waals surface area (Å²) in [6.45, 7) is 12.1. The Morgan fingerprint density at radius 1 is 0.862 bits per heavy atom. The zero-order valence-corrected chi connectivity index (χ0v) is 50.7. The number of carboxylic acids is 1. The van der Waals surface area contributed by atoms with E-state index < -0.39 is 98.1 Å². The molecule has 4 aromatic rings. The molecule has 29 heteroatoms. The maximum absolute atomic E-state index is 14.1. The van der Waals surface area contributed by atoms with Crippen LogP contribution in [0.1, 0.15) is 118 Å². The molecule has 26 nitrogen and oxygen atoms in total. The molecule has 2 aliphatic heterocycles. The van der Waals surface area contributed by atoms with Crippen molar-refractivity contribution >= 4 is 69.5 Å². The first-order chi connectivity index (χ1) is 40.4. The van der Waals surface area contributed by atoms with E-state index in [4.69, 9.17) is 29.3 Å². The fraction of sp³-hybridized carbons (Fsp3) is 0.379. The Labute approximate surface area is 499 Å². The number of nitrogen functional groups attached to an aromatic ring is 1. The van der Waals surface area contributed by atoms with Crippen molar-refractivity contribution in [3.05, 3.63) is 150 Å². The van der Waals surface area contributed by atoms with Crippen LogP contribution in [0.4, 0.5) is 0 Å². The molecule has 4 atom stereocenters. The molecule has 1 fully saturated rings. The van der Waals surface area contributed by atoms with E-state index in [1.807, 2.05) is 0 Å². The zero-order valence-electron chi connectivity index (χ0n) is 48.9. The van der Waals surface area contributed by atoms with Gasteiger partial charge in [-0.15, -0.1) is 0 Å². The number of amides is 3. The van der Waals surface area contributed by atoms with Gasteiger partial charge in [0.15, 0.2) is 5.43 Å². The molecule has 0 bridgehead atoms. The number of hydrogen-bond donors (Lipinski definition) is 11. The number of nitrogens with two attached hydrogens (primary N) is 1. The van der Waals surface area contributed by atoms with Crippen molar-refractivity contribution < 1.29 is 75.9 Å². The summed E-state index contributed by atoms with van der Waals surface area (Å²) >= 11 is 0. The molecule has 0 spiro atoms.